The number of nitrogens with zero attached hydrogens (tertiary/aromatic N) is 1. The minimum Gasteiger partial charge on any atom is -0.356 e. The molecule has 1 N–H and O–H groups in total. The molecule has 0 fully saturated rings. The fourth-order valence-electron chi connectivity index (χ4n) is 1.18. The van der Waals surface area contributed by atoms with Crippen molar-refractivity contribution in [3.05, 3.63) is 23.4 Å². The van der Waals surface area contributed by atoms with Crippen LogP contribution >= 0.6 is 0 Å². The van der Waals surface area contributed by atoms with E-state index in [1.807, 2.05) is 13.1 Å². The molecule has 0 aliphatic carbocycles. The molecule has 78 valence electrons. The quantitative estimate of drug-likeness (QED) is 0.689. The number of anilines is 1. The van der Waals surface area contributed by atoms with Crippen molar-refractivity contribution in [1.82, 2.24) is 4.98 Å². The van der Waals surface area contributed by atoms with Crippen LogP contribution < -0.4 is 5.32 Å². The highest BCUT2D eigenvalue weighted by Gasteiger charge is 2.08. The Morgan fingerprint density at radius 2 is 2.21 bits per heavy atom. The standard InChI is InChI=1S/C8H10N2O.C3H8/c1-6-2-7-4-11-5-10-8(7)9-3-6;1-3-2/h2-3H,4-5H2,1H3,(H,9,10);3H2,1-2H3. The summed E-state index contributed by atoms with van der Waals surface area (Å²) in [6, 6.07) is 2.09. The number of aryl methyl sites for hydroxylation is 1. The lowest BCUT2D eigenvalue weighted by Crippen LogP contribution is -2.15. The zero-order valence-electron chi connectivity index (χ0n) is 9.13. The molecule has 1 aliphatic heterocycles. The van der Waals surface area contributed by atoms with E-state index in [9.17, 15) is 0 Å². The molecule has 0 saturated carbocycles. The SMILES string of the molecule is CCC.Cc1cnc2c(c1)COCN2. The number of rotatable bonds is 0. The molecule has 0 aromatic carbocycles. The fourth-order valence-corrected chi connectivity index (χ4v) is 1.18. The molecular formula is C11H18N2O. The van der Waals surface area contributed by atoms with Gasteiger partial charge in [0.25, 0.3) is 0 Å². The first-order chi connectivity index (χ1) is 6.77. The Balaban J connectivity index is 0.000000293. The summed E-state index contributed by atoms with van der Waals surface area (Å²) in [7, 11) is 0. The van der Waals surface area contributed by atoms with Gasteiger partial charge in [-0.25, -0.2) is 4.98 Å². The zero-order valence-corrected chi connectivity index (χ0v) is 9.13. The van der Waals surface area contributed by atoms with Gasteiger partial charge in [0.05, 0.1) is 6.61 Å². The van der Waals surface area contributed by atoms with E-state index < -0.39 is 0 Å². The van der Waals surface area contributed by atoms with E-state index >= 15 is 0 Å². The molecule has 2 heterocycles. The summed E-state index contributed by atoms with van der Waals surface area (Å²) in [6.45, 7) is 7.53. The predicted octanol–water partition coefficient (Wildman–Crippen LogP) is 2.71. The number of fused-ring (bicyclic) bond motifs is 1. The molecule has 0 bridgehead atoms. The Morgan fingerprint density at radius 3 is 2.93 bits per heavy atom. The van der Waals surface area contributed by atoms with Gasteiger partial charge in [0.15, 0.2) is 0 Å². The van der Waals surface area contributed by atoms with Crippen LogP contribution in [0.5, 0.6) is 0 Å². The molecule has 3 nitrogen and oxygen atoms in total. The molecule has 0 amide bonds. The number of hydrogen-bond donors (Lipinski definition) is 1. The minimum atomic E-state index is 0.572. The summed E-state index contributed by atoms with van der Waals surface area (Å²) >= 11 is 0. The van der Waals surface area contributed by atoms with Crippen molar-refractivity contribution >= 4 is 5.82 Å². The molecule has 14 heavy (non-hydrogen) atoms. The molecule has 2 rings (SSSR count). The summed E-state index contributed by atoms with van der Waals surface area (Å²) in [6.07, 6.45) is 3.11. The average Bonchev–Trinajstić information content (AvgIpc) is 2.19. The van der Waals surface area contributed by atoms with Gasteiger partial charge in [-0.3, -0.25) is 0 Å². The minimum absolute atomic E-state index is 0.572. The third-order valence-corrected chi connectivity index (χ3v) is 1.70. The molecule has 0 saturated heterocycles. The predicted molar refractivity (Wildman–Crippen MR) is 58.2 cm³/mol. The monoisotopic (exact) mass is 194 g/mol. The van der Waals surface area contributed by atoms with Crippen LogP contribution in [0.2, 0.25) is 0 Å². The molecule has 0 radical (unpaired) electrons. The molecular weight excluding hydrogens is 176 g/mol. The number of hydrogen-bond acceptors (Lipinski definition) is 3. The largest absolute Gasteiger partial charge is 0.356 e. The van der Waals surface area contributed by atoms with E-state index in [1.54, 1.807) is 0 Å². The first-order valence-corrected chi connectivity index (χ1v) is 5.05. The number of aromatic nitrogens is 1. The smallest absolute Gasteiger partial charge is 0.133 e. The third kappa shape index (κ3) is 3.00. The highest BCUT2D eigenvalue weighted by atomic mass is 16.5. The maximum atomic E-state index is 5.20. The topological polar surface area (TPSA) is 34.1 Å². The van der Waals surface area contributed by atoms with E-state index in [-0.39, 0.29) is 0 Å². The van der Waals surface area contributed by atoms with E-state index in [0.717, 1.165) is 11.4 Å². The van der Waals surface area contributed by atoms with Crippen LogP contribution in [-0.2, 0) is 11.3 Å². The third-order valence-electron chi connectivity index (χ3n) is 1.70. The van der Waals surface area contributed by atoms with Crippen molar-refractivity contribution in [1.29, 1.82) is 0 Å². The Bertz CT molecular complexity index is 287. The summed E-state index contributed by atoms with van der Waals surface area (Å²) in [4.78, 5) is 4.23. The number of pyridine rings is 1. The molecule has 3 heteroatoms. The lowest BCUT2D eigenvalue weighted by atomic mass is 10.2. The average molecular weight is 194 g/mol. The van der Waals surface area contributed by atoms with Gasteiger partial charge in [-0.2, -0.15) is 0 Å². The van der Waals surface area contributed by atoms with E-state index in [1.165, 1.54) is 12.0 Å². The maximum Gasteiger partial charge on any atom is 0.133 e. The van der Waals surface area contributed by atoms with Crippen LogP contribution in [0.25, 0.3) is 0 Å². The fraction of sp³-hybridized carbons (Fsp3) is 0.545. The Hall–Kier alpha value is -1.09. The number of nitrogens with one attached hydrogen (secondary N) is 1. The Labute approximate surface area is 85.5 Å². The highest BCUT2D eigenvalue weighted by molar-refractivity contribution is 5.45. The molecule has 0 atom stereocenters. The summed E-state index contributed by atoms with van der Waals surface area (Å²) in [5.74, 6) is 0.960. The van der Waals surface area contributed by atoms with Gasteiger partial charge in [-0.1, -0.05) is 20.3 Å². The zero-order chi connectivity index (χ0) is 10.4. The van der Waals surface area contributed by atoms with Crippen molar-refractivity contribution in [2.24, 2.45) is 0 Å². The van der Waals surface area contributed by atoms with Gasteiger partial charge in [-0.05, 0) is 18.6 Å². The van der Waals surface area contributed by atoms with Crippen molar-refractivity contribution in [3.8, 4) is 0 Å². The maximum absolute atomic E-state index is 5.20. The normalized spacial score (nSPS) is 13.4. The van der Waals surface area contributed by atoms with E-state index in [2.05, 4.69) is 30.2 Å². The van der Waals surface area contributed by atoms with Crippen LogP contribution in [0.4, 0.5) is 5.82 Å². The van der Waals surface area contributed by atoms with Crippen LogP contribution in [0, 0.1) is 6.92 Å². The van der Waals surface area contributed by atoms with Crippen LogP contribution in [-0.4, -0.2) is 11.7 Å². The van der Waals surface area contributed by atoms with Crippen molar-refractivity contribution in [3.63, 3.8) is 0 Å². The summed E-state index contributed by atoms with van der Waals surface area (Å²) < 4.78 is 5.20. The van der Waals surface area contributed by atoms with Gasteiger partial charge in [0, 0.05) is 11.8 Å². The molecule has 0 spiro atoms. The second-order valence-electron chi connectivity index (χ2n) is 3.40. The lowest BCUT2D eigenvalue weighted by Gasteiger charge is -2.17. The van der Waals surface area contributed by atoms with Gasteiger partial charge in [0.1, 0.15) is 12.5 Å². The first-order valence-electron chi connectivity index (χ1n) is 5.05. The first kappa shape index (κ1) is 11.0. The van der Waals surface area contributed by atoms with E-state index in [4.69, 9.17) is 4.74 Å². The van der Waals surface area contributed by atoms with Crippen LogP contribution in [0.15, 0.2) is 12.3 Å². The molecule has 1 aromatic heterocycles. The van der Waals surface area contributed by atoms with Gasteiger partial charge >= 0.3 is 0 Å². The second kappa shape index (κ2) is 5.60. The van der Waals surface area contributed by atoms with E-state index in [0.29, 0.717) is 13.3 Å². The van der Waals surface area contributed by atoms with Crippen LogP contribution in [0.1, 0.15) is 31.4 Å². The lowest BCUT2D eigenvalue weighted by molar-refractivity contribution is 0.130. The second-order valence-corrected chi connectivity index (χ2v) is 3.40. The highest BCUT2D eigenvalue weighted by Crippen LogP contribution is 2.17. The van der Waals surface area contributed by atoms with Crippen molar-refractivity contribution < 1.29 is 4.74 Å². The molecule has 0 unspecified atom stereocenters. The Morgan fingerprint density at radius 1 is 1.50 bits per heavy atom. The Kier molecular flexibility index (Phi) is 4.40. The van der Waals surface area contributed by atoms with Gasteiger partial charge in [-0.15, -0.1) is 0 Å². The molecule has 1 aliphatic rings. The van der Waals surface area contributed by atoms with Crippen molar-refractivity contribution in [2.45, 2.75) is 33.8 Å². The van der Waals surface area contributed by atoms with Gasteiger partial charge in [0.2, 0.25) is 0 Å². The van der Waals surface area contributed by atoms with Gasteiger partial charge < -0.3 is 10.1 Å². The summed E-state index contributed by atoms with van der Waals surface area (Å²) in [5, 5.41) is 3.06. The molecule has 1 aromatic rings. The van der Waals surface area contributed by atoms with Crippen LogP contribution in [0.3, 0.4) is 0 Å². The summed E-state index contributed by atoms with van der Waals surface area (Å²) in [5.41, 5.74) is 2.33. The van der Waals surface area contributed by atoms with Crippen molar-refractivity contribution in [2.75, 3.05) is 12.0 Å². The number of ether oxygens (including phenoxy) is 1.